The van der Waals surface area contributed by atoms with Crippen LogP contribution in [0.1, 0.15) is 6.92 Å². The van der Waals surface area contributed by atoms with Crippen LogP contribution >= 0.6 is 34.4 Å². The highest BCUT2D eigenvalue weighted by molar-refractivity contribution is 14.1. The van der Waals surface area contributed by atoms with Crippen LogP contribution in [0.5, 0.6) is 5.88 Å². The molecule has 11 heteroatoms. The van der Waals surface area contributed by atoms with Gasteiger partial charge in [-0.2, -0.15) is 4.98 Å². The molecule has 0 spiro atoms. The molecule has 0 saturated carbocycles. The molecular weight excluding hydrogens is 513 g/mol. The summed E-state index contributed by atoms with van der Waals surface area (Å²) in [6.45, 7) is 2.29. The van der Waals surface area contributed by atoms with Gasteiger partial charge in [-0.25, -0.2) is 13.4 Å². The van der Waals surface area contributed by atoms with E-state index in [0.717, 1.165) is 10.8 Å². The van der Waals surface area contributed by atoms with E-state index in [1.807, 2.05) is 6.92 Å². The van der Waals surface area contributed by atoms with E-state index in [1.54, 1.807) is 30.0 Å². The van der Waals surface area contributed by atoms with Gasteiger partial charge in [0.1, 0.15) is 43.3 Å². The van der Waals surface area contributed by atoms with Gasteiger partial charge in [0, 0.05) is 5.75 Å². The largest absolute Gasteiger partial charge is 0.469 e. The minimum absolute atomic E-state index is 0.00313. The van der Waals surface area contributed by atoms with Crippen LogP contribution in [0, 0.1) is 0 Å². The van der Waals surface area contributed by atoms with Crippen molar-refractivity contribution >= 4 is 66.1 Å². The molecule has 0 saturated heterocycles. The van der Waals surface area contributed by atoms with Crippen molar-refractivity contribution < 1.29 is 13.2 Å². The van der Waals surface area contributed by atoms with Crippen LogP contribution in [0.4, 0.5) is 5.82 Å². The summed E-state index contributed by atoms with van der Waals surface area (Å²) in [7, 11) is -3.85. The third-order valence-corrected chi connectivity index (χ3v) is 8.28. The fourth-order valence-corrected chi connectivity index (χ4v) is 6.14. The predicted octanol–water partition coefficient (Wildman–Crippen LogP) is 3.05. The van der Waals surface area contributed by atoms with Gasteiger partial charge < -0.3 is 15.5 Å². The number of nitrogens with zero attached hydrogens (tertiary/aromatic N) is 3. The van der Waals surface area contributed by atoms with Crippen LogP contribution in [0.25, 0.3) is 11.0 Å². The normalized spacial score (nSPS) is 19.7. The van der Waals surface area contributed by atoms with Gasteiger partial charge in [-0.05, 0) is 19.1 Å². The second-order valence-electron chi connectivity index (χ2n) is 6.31. The smallest absolute Gasteiger partial charge is 0.242 e. The molecule has 0 amide bonds. The Kier molecular flexibility index (Phi) is 5.00. The summed E-state index contributed by atoms with van der Waals surface area (Å²) in [6.07, 6.45) is 1.26. The molecule has 146 valence electrons. The molecule has 2 aromatic heterocycles. The number of fused-ring (bicyclic) bond motifs is 1. The zero-order valence-electron chi connectivity index (χ0n) is 14.7. The number of halogens is 1. The van der Waals surface area contributed by atoms with Crippen molar-refractivity contribution in [2.45, 2.75) is 20.3 Å². The van der Waals surface area contributed by atoms with Gasteiger partial charge in [-0.3, -0.25) is 4.99 Å². The highest BCUT2D eigenvalue weighted by atomic mass is 127. The molecule has 0 radical (unpaired) electrons. The fraction of sp³-hybridized carbons (Fsp3) is 0.235. The summed E-state index contributed by atoms with van der Waals surface area (Å²) < 4.78 is 31.8. The zero-order valence-corrected chi connectivity index (χ0v) is 18.5. The van der Waals surface area contributed by atoms with Gasteiger partial charge in [0.2, 0.25) is 15.7 Å². The topological polar surface area (TPSA) is 123 Å². The molecule has 0 bridgehead atoms. The number of rotatable bonds is 5. The Labute approximate surface area is 179 Å². The number of benzene rings is 1. The second kappa shape index (κ2) is 7.19. The standard InChI is InChI=1S/C17H16IN5O3S2/c1-17(18)8-27-11(23-17)7-26-16-13-12(20-9-21-16)14(15(19)22-13)28(24,25)10-5-3-2-4-6-10/h2-6,9,22H,7-8,19H2,1H3. The first kappa shape index (κ1) is 19.5. The van der Waals surface area contributed by atoms with Crippen LogP contribution in [0.2, 0.25) is 0 Å². The van der Waals surface area contributed by atoms with Crippen LogP contribution in [-0.2, 0) is 9.84 Å². The maximum Gasteiger partial charge on any atom is 0.242 e. The van der Waals surface area contributed by atoms with Gasteiger partial charge in [-0.1, -0.05) is 40.8 Å². The van der Waals surface area contributed by atoms with E-state index in [9.17, 15) is 8.42 Å². The third kappa shape index (κ3) is 3.57. The molecule has 3 aromatic rings. The van der Waals surface area contributed by atoms with Crippen LogP contribution in [-0.4, -0.2) is 44.3 Å². The number of anilines is 1. The number of ether oxygens (including phenoxy) is 1. The minimum atomic E-state index is -3.85. The Morgan fingerprint density at radius 3 is 2.75 bits per heavy atom. The van der Waals surface area contributed by atoms with Gasteiger partial charge in [-0.15, -0.1) is 11.8 Å². The zero-order chi connectivity index (χ0) is 19.9. The molecule has 4 rings (SSSR count). The first-order valence-corrected chi connectivity index (χ1v) is 11.8. The van der Waals surface area contributed by atoms with E-state index in [2.05, 4.69) is 42.5 Å². The molecule has 3 heterocycles. The van der Waals surface area contributed by atoms with E-state index in [0.29, 0.717) is 5.52 Å². The number of nitrogens with two attached hydrogens (primary N) is 1. The number of H-pyrrole nitrogens is 1. The highest BCUT2D eigenvalue weighted by Crippen LogP contribution is 2.36. The number of alkyl halides is 1. The summed E-state index contributed by atoms with van der Waals surface area (Å²) in [5.41, 5.74) is 6.56. The molecule has 0 aliphatic carbocycles. The summed E-state index contributed by atoms with van der Waals surface area (Å²) in [5, 5.41) is 0.861. The number of hydrogen-bond donors (Lipinski definition) is 2. The van der Waals surface area contributed by atoms with Gasteiger partial charge in [0.25, 0.3) is 0 Å². The lowest BCUT2D eigenvalue weighted by Crippen LogP contribution is -2.10. The maximum atomic E-state index is 13.1. The average molecular weight is 529 g/mol. The molecular formula is C17H16IN5O3S2. The number of aromatic nitrogens is 3. The van der Waals surface area contributed by atoms with Crippen molar-refractivity contribution in [2.75, 3.05) is 18.1 Å². The molecule has 1 atom stereocenters. The molecule has 1 aliphatic rings. The van der Waals surface area contributed by atoms with Crippen LogP contribution in [0.15, 0.2) is 51.4 Å². The Bertz CT molecular complexity index is 1180. The lowest BCUT2D eigenvalue weighted by atomic mass is 10.4. The Balaban J connectivity index is 1.72. The summed E-state index contributed by atoms with van der Waals surface area (Å²) in [6, 6.07) is 8.09. The number of nitrogens with one attached hydrogen (secondary N) is 1. The number of nitrogen functional groups attached to an aromatic ring is 1. The average Bonchev–Trinajstić information content (AvgIpc) is 3.19. The van der Waals surface area contributed by atoms with Crippen molar-refractivity contribution in [2.24, 2.45) is 4.99 Å². The fourth-order valence-electron chi connectivity index (χ4n) is 2.82. The lowest BCUT2D eigenvalue weighted by Gasteiger charge is -2.07. The lowest BCUT2D eigenvalue weighted by molar-refractivity contribution is 0.367. The van der Waals surface area contributed by atoms with Crippen molar-refractivity contribution in [3.05, 3.63) is 36.7 Å². The SMILES string of the molecule is CC1(I)CSC(COc2ncnc3c(S(=O)(=O)c4ccccc4)c(N)[nH]c23)=N1. The van der Waals surface area contributed by atoms with Crippen molar-refractivity contribution in [1.29, 1.82) is 0 Å². The molecule has 1 aromatic carbocycles. The van der Waals surface area contributed by atoms with Crippen molar-refractivity contribution in [3.8, 4) is 5.88 Å². The Morgan fingerprint density at radius 1 is 1.32 bits per heavy atom. The van der Waals surface area contributed by atoms with Crippen LogP contribution in [0.3, 0.4) is 0 Å². The monoisotopic (exact) mass is 529 g/mol. The van der Waals surface area contributed by atoms with Crippen molar-refractivity contribution in [3.63, 3.8) is 0 Å². The molecule has 1 unspecified atom stereocenters. The van der Waals surface area contributed by atoms with Gasteiger partial charge in [0.15, 0.2) is 0 Å². The number of thioether (sulfide) groups is 1. The first-order valence-electron chi connectivity index (χ1n) is 8.23. The second-order valence-corrected chi connectivity index (χ2v) is 11.6. The summed E-state index contributed by atoms with van der Waals surface area (Å²) in [5.74, 6) is 1.11. The Hall–Kier alpha value is -1.86. The molecule has 8 nitrogen and oxygen atoms in total. The van der Waals surface area contributed by atoms with Crippen LogP contribution < -0.4 is 10.5 Å². The van der Waals surface area contributed by atoms with Crippen molar-refractivity contribution in [1.82, 2.24) is 15.0 Å². The molecule has 3 N–H and O–H groups in total. The molecule has 0 fully saturated rings. The summed E-state index contributed by atoms with van der Waals surface area (Å²) >= 11 is 3.92. The van der Waals surface area contributed by atoms with E-state index in [-0.39, 0.29) is 37.2 Å². The Morgan fingerprint density at radius 2 is 2.07 bits per heavy atom. The molecule has 1 aliphatic heterocycles. The third-order valence-electron chi connectivity index (χ3n) is 4.05. The maximum absolute atomic E-state index is 13.1. The van der Waals surface area contributed by atoms with E-state index in [1.165, 1.54) is 18.5 Å². The first-order chi connectivity index (χ1) is 13.3. The van der Waals surface area contributed by atoms with E-state index < -0.39 is 9.84 Å². The predicted molar refractivity (Wildman–Crippen MR) is 118 cm³/mol. The number of aliphatic imine (C=N–C) groups is 1. The highest BCUT2D eigenvalue weighted by Gasteiger charge is 2.29. The minimum Gasteiger partial charge on any atom is -0.469 e. The number of aromatic amines is 1. The number of sulfone groups is 1. The molecule has 28 heavy (non-hydrogen) atoms. The van der Waals surface area contributed by atoms with E-state index >= 15 is 0 Å². The quantitative estimate of drug-likeness (QED) is 0.296. The van der Waals surface area contributed by atoms with E-state index in [4.69, 9.17) is 10.5 Å². The number of hydrogen-bond acceptors (Lipinski definition) is 8. The summed E-state index contributed by atoms with van der Waals surface area (Å²) in [4.78, 5) is 15.8. The van der Waals surface area contributed by atoms with Gasteiger partial charge in [0.05, 0.1) is 4.90 Å². The van der Waals surface area contributed by atoms with Gasteiger partial charge >= 0.3 is 0 Å².